The van der Waals surface area contributed by atoms with Gasteiger partial charge in [0, 0.05) is 20.2 Å². The molecule has 0 heterocycles. The summed E-state index contributed by atoms with van der Waals surface area (Å²) in [6.07, 6.45) is 2.33. The Morgan fingerprint density at radius 2 is 1.90 bits per heavy atom. The minimum absolute atomic E-state index is 0.527. The standard InChI is InChI=1S/C19H25NO/c1-15(2)18(14-20-11-12-21-3)13-17-9-6-8-16-7-4-5-10-19(16)17/h4-10,13,15,20H,11-12,14H2,1-3H3. The maximum Gasteiger partial charge on any atom is 0.0587 e. The second-order valence-electron chi connectivity index (χ2n) is 5.61. The summed E-state index contributed by atoms with van der Waals surface area (Å²) in [7, 11) is 1.73. The molecule has 0 spiro atoms. The quantitative estimate of drug-likeness (QED) is 0.772. The van der Waals surface area contributed by atoms with Gasteiger partial charge in [-0.05, 0) is 22.3 Å². The summed E-state index contributed by atoms with van der Waals surface area (Å²) in [4.78, 5) is 0. The van der Waals surface area contributed by atoms with Crippen molar-refractivity contribution in [3.63, 3.8) is 0 Å². The van der Waals surface area contributed by atoms with Gasteiger partial charge in [-0.2, -0.15) is 0 Å². The van der Waals surface area contributed by atoms with Crippen LogP contribution in [-0.2, 0) is 4.74 Å². The van der Waals surface area contributed by atoms with Gasteiger partial charge in [-0.25, -0.2) is 0 Å². The van der Waals surface area contributed by atoms with Crippen molar-refractivity contribution in [2.45, 2.75) is 13.8 Å². The molecule has 2 rings (SSSR count). The minimum Gasteiger partial charge on any atom is -0.383 e. The molecule has 1 N–H and O–H groups in total. The van der Waals surface area contributed by atoms with E-state index < -0.39 is 0 Å². The van der Waals surface area contributed by atoms with Crippen molar-refractivity contribution in [3.8, 4) is 0 Å². The monoisotopic (exact) mass is 283 g/mol. The van der Waals surface area contributed by atoms with E-state index >= 15 is 0 Å². The third-order valence-corrected chi connectivity index (χ3v) is 3.72. The highest BCUT2D eigenvalue weighted by atomic mass is 16.5. The number of benzene rings is 2. The van der Waals surface area contributed by atoms with Crippen LogP contribution in [0, 0.1) is 5.92 Å². The van der Waals surface area contributed by atoms with Gasteiger partial charge in [-0.1, -0.05) is 68.0 Å². The van der Waals surface area contributed by atoms with Crippen molar-refractivity contribution in [2.75, 3.05) is 26.8 Å². The smallest absolute Gasteiger partial charge is 0.0587 e. The maximum atomic E-state index is 5.08. The SMILES string of the molecule is COCCNCC(=Cc1cccc2ccccc12)C(C)C. The van der Waals surface area contributed by atoms with Crippen LogP contribution >= 0.6 is 0 Å². The first-order chi connectivity index (χ1) is 10.2. The molecule has 0 unspecified atom stereocenters. The molecule has 0 aromatic heterocycles. The van der Waals surface area contributed by atoms with E-state index in [1.165, 1.54) is 21.9 Å². The summed E-state index contributed by atoms with van der Waals surface area (Å²) in [6, 6.07) is 15.0. The lowest BCUT2D eigenvalue weighted by atomic mass is 9.97. The molecule has 112 valence electrons. The predicted octanol–water partition coefficient (Wildman–Crippen LogP) is 4.12. The second-order valence-corrected chi connectivity index (χ2v) is 5.61. The Hall–Kier alpha value is -1.64. The van der Waals surface area contributed by atoms with E-state index in [9.17, 15) is 0 Å². The van der Waals surface area contributed by atoms with Gasteiger partial charge in [-0.3, -0.25) is 0 Å². The molecule has 0 atom stereocenters. The molecule has 2 aromatic carbocycles. The van der Waals surface area contributed by atoms with Gasteiger partial charge in [0.25, 0.3) is 0 Å². The number of nitrogens with one attached hydrogen (secondary N) is 1. The molecule has 0 saturated carbocycles. The van der Waals surface area contributed by atoms with Crippen molar-refractivity contribution >= 4 is 16.8 Å². The zero-order valence-corrected chi connectivity index (χ0v) is 13.2. The topological polar surface area (TPSA) is 21.3 Å². The van der Waals surface area contributed by atoms with Crippen LogP contribution in [0.15, 0.2) is 48.0 Å². The van der Waals surface area contributed by atoms with Crippen LogP contribution in [0.5, 0.6) is 0 Å². The normalized spacial score (nSPS) is 12.3. The first-order valence-electron chi connectivity index (χ1n) is 7.60. The largest absolute Gasteiger partial charge is 0.383 e. The predicted molar refractivity (Wildman–Crippen MR) is 91.5 cm³/mol. The van der Waals surface area contributed by atoms with Crippen LogP contribution in [0.1, 0.15) is 19.4 Å². The third-order valence-electron chi connectivity index (χ3n) is 3.72. The van der Waals surface area contributed by atoms with Crippen LogP contribution in [0.2, 0.25) is 0 Å². The van der Waals surface area contributed by atoms with Gasteiger partial charge in [0.05, 0.1) is 6.61 Å². The molecule has 0 radical (unpaired) electrons. The molecule has 2 nitrogen and oxygen atoms in total. The Morgan fingerprint density at radius 1 is 1.14 bits per heavy atom. The summed E-state index contributed by atoms with van der Waals surface area (Å²) in [5.41, 5.74) is 2.72. The van der Waals surface area contributed by atoms with Crippen molar-refractivity contribution in [1.82, 2.24) is 5.32 Å². The molecule has 0 amide bonds. The number of methoxy groups -OCH3 is 1. The van der Waals surface area contributed by atoms with Crippen LogP contribution in [0.25, 0.3) is 16.8 Å². The number of rotatable bonds is 7. The van der Waals surface area contributed by atoms with E-state index in [1.807, 2.05) is 0 Å². The molecular weight excluding hydrogens is 258 g/mol. The molecular formula is C19H25NO. The third kappa shape index (κ3) is 4.42. The Kier molecular flexibility index (Phi) is 5.97. The van der Waals surface area contributed by atoms with Crippen molar-refractivity contribution in [2.24, 2.45) is 5.92 Å². The summed E-state index contributed by atoms with van der Waals surface area (Å²) in [6.45, 7) is 7.03. The van der Waals surface area contributed by atoms with Gasteiger partial charge in [0.2, 0.25) is 0 Å². The van der Waals surface area contributed by atoms with E-state index in [-0.39, 0.29) is 0 Å². The lowest BCUT2D eigenvalue weighted by Gasteiger charge is -2.13. The lowest BCUT2D eigenvalue weighted by molar-refractivity contribution is 0.200. The van der Waals surface area contributed by atoms with Gasteiger partial charge >= 0.3 is 0 Å². The van der Waals surface area contributed by atoms with E-state index in [4.69, 9.17) is 4.74 Å². The highest BCUT2D eigenvalue weighted by molar-refractivity contribution is 5.90. The number of hydrogen-bond acceptors (Lipinski definition) is 2. The molecule has 2 aromatic rings. The Bertz CT molecular complexity index is 596. The second kappa shape index (κ2) is 7.96. The van der Waals surface area contributed by atoms with E-state index in [2.05, 4.69) is 67.7 Å². The zero-order valence-electron chi connectivity index (χ0n) is 13.2. The summed E-state index contributed by atoms with van der Waals surface area (Å²) >= 11 is 0. The van der Waals surface area contributed by atoms with Crippen LogP contribution in [-0.4, -0.2) is 26.8 Å². The molecule has 0 saturated heterocycles. The Morgan fingerprint density at radius 3 is 2.67 bits per heavy atom. The van der Waals surface area contributed by atoms with E-state index in [0.717, 1.165) is 19.7 Å². The number of hydrogen-bond donors (Lipinski definition) is 1. The Labute approximate surface area is 127 Å². The lowest BCUT2D eigenvalue weighted by Crippen LogP contribution is -2.23. The van der Waals surface area contributed by atoms with Crippen LogP contribution < -0.4 is 5.32 Å². The molecule has 0 bridgehead atoms. The van der Waals surface area contributed by atoms with E-state index in [1.54, 1.807) is 7.11 Å². The summed E-state index contributed by atoms with van der Waals surface area (Å²) in [5, 5.41) is 6.05. The Balaban J connectivity index is 2.23. The van der Waals surface area contributed by atoms with Gasteiger partial charge < -0.3 is 10.1 Å². The highest BCUT2D eigenvalue weighted by Crippen LogP contribution is 2.22. The first kappa shape index (κ1) is 15.7. The van der Waals surface area contributed by atoms with Gasteiger partial charge in [-0.15, -0.1) is 0 Å². The molecule has 0 aliphatic heterocycles. The number of ether oxygens (including phenoxy) is 1. The molecule has 21 heavy (non-hydrogen) atoms. The minimum atomic E-state index is 0.527. The summed E-state index contributed by atoms with van der Waals surface area (Å²) in [5.74, 6) is 0.527. The highest BCUT2D eigenvalue weighted by Gasteiger charge is 2.05. The van der Waals surface area contributed by atoms with Crippen molar-refractivity contribution < 1.29 is 4.74 Å². The van der Waals surface area contributed by atoms with Crippen molar-refractivity contribution in [1.29, 1.82) is 0 Å². The first-order valence-corrected chi connectivity index (χ1v) is 7.60. The maximum absolute atomic E-state index is 5.08. The van der Waals surface area contributed by atoms with Gasteiger partial charge in [0.15, 0.2) is 0 Å². The average molecular weight is 283 g/mol. The van der Waals surface area contributed by atoms with Crippen molar-refractivity contribution in [3.05, 3.63) is 53.6 Å². The average Bonchev–Trinajstić information content (AvgIpc) is 2.50. The molecule has 2 heteroatoms. The van der Waals surface area contributed by atoms with Crippen LogP contribution in [0.4, 0.5) is 0 Å². The summed E-state index contributed by atoms with van der Waals surface area (Å²) < 4.78 is 5.08. The van der Waals surface area contributed by atoms with Gasteiger partial charge in [0.1, 0.15) is 0 Å². The fraction of sp³-hybridized carbons (Fsp3) is 0.368. The van der Waals surface area contributed by atoms with E-state index in [0.29, 0.717) is 5.92 Å². The molecule has 0 aliphatic rings. The fourth-order valence-corrected chi connectivity index (χ4v) is 2.40. The van der Waals surface area contributed by atoms with Crippen LogP contribution in [0.3, 0.4) is 0 Å². The molecule has 0 fully saturated rings. The fourth-order valence-electron chi connectivity index (χ4n) is 2.40. The molecule has 0 aliphatic carbocycles. The number of fused-ring (bicyclic) bond motifs is 1. The zero-order chi connectivity index (χ0) is 15.1.